The van der Waals surface area contributed by atoms with E-state index < -0.39 is 0 Å². The molecule has 0 bridgehead atoms. The maximum Gasteiger partial charge on any atom is 0.130 e. The zero-order valence-electron chi connectivity index (χ0n) is 10.5. The van der Waals surface area contributed by atoms with E-state index in [1.165, 1.54) is 0 Å². The van der Waals surface area contributed by atoms with Gasteiger partial charge in [0.2, 0.25) is 0 Å². The summed E-state index contributed by atoms with van der Waals surface area (Å²) in [5.41, 5.74) is 6.80. The summed E-state index contributed by atoms with van der Waals surface area (Å²) >= 11 is 29.1. The molecule has 110 valence electrons. The topological polar surface area (TPSA) is 35.2 Å². The predicted octanol–water partition coefficient (Wildman–Crippen LogP) is 5.51. The lowest BCUT2D eigenvalue weighted by Gasteiger charge is -2.13. The maximum atomic E-state index is 6.12. The Morgan fingerprint density at radius 1 is 1.05 bits per heavy atom. The van der Waals surface area contributed by atoms with Crippen LogP contribution in [0.5, 0.6) is 5.75 Å². The molecule has 21 heavy (non-hydrogen) atoms. The predicted molar refractivity (Wildman–Crippen MR) is 93.1 cm³/mol. The summed E-state index contributed by atoms with van der Waals surface area (Å²) in [4.78, 5) is 0.191. The van der Waals surface area contributed by atoms with Gasteiger partial charge in [0.15, 0.2) is 0 Å². The summed E-state index contributed by atoms with van der Waals surface area (Å²) in [5.74, 6) is 0.499. The Hall–Kier alpha value is -0.710. The molecule has 2 rings (SSSR count). The average molecular weight is 381 g/mol. The first-order valence-corrected chi connectivity index (χ1v) is 7.66. The van der Waals surface area contributed by atoms with Crippen molar-refractivity contribution in [3.05, 3.63) is 61.5 Å². The molecule has 0 aliphatic carbocycles. The highest BCUT2D eigenvalue weighted by Gasteiger charge is 2.13. The lowest BCUT2D eigenvalue weighted by Crippen LogP contribution is -2.12. The summed E-state index contributed by atoms with van der Waals surface area (Å²) < 4.78 is 5.70. The second-order valence-corrected chi connectivity index (χ2v) is 6.18. The van der Waals surface area contributed by atoms with Crippen molar-refractivity contribution >= 4 is 63.6 Å². The van der Waals surface area contributed by atoms with Gasteiger partial charge in [0.1, 0.15) is 17.3 Å². The highest BCUT2D eigenvalue weighted by molar-refractivity contribution is 7.80. The van der Waals surface area contributed by atoms with Crippen LogP contribution in [0.15, 0.2) is 30.3 Å². The third-order valence-corrected chi connectivity index (χ3v) is 4.37. The van der Waals surface area contributed by atoms with Gasteiger partial charge in [-0.25, -0.2) is 0 Å². The van der Waals surface area contributed by atoms with Crippen LogP contribution in [-0.4, -0.2) is 4.99 Å². The van der Waals surface area contributed by atoms with Gasteiger partial charge in [0, 0.05) is 15.6 Å². The largest absolute Gasteiger partial charge is 0.488 e. The Bertz CT molecular complexity index is 706. The quantitative estimate of drug-likeness (QED) is 0.560. The van der Waals surface area contributed by atoms with E-state index in [1.807, 2.05) is 0 Å². The molecule has 0 amide bonds. The highest BCUT2D eigenvalue weighted by Crippen LogP contribution is 2.33. The molecule has 0 aliphatic heterocycles. The van der Waals surface area contributed by atoms with Gasteiger partial charge in [-0.05, 0) is 30.3 Å². The number of hydrogen-bond acceptors (Lipinski definition) is 2. The Morgan fingerprint density at radius 2 is 1.71 bits per heavy atom. The lowest BCUT2D eigenvalue weighted by molar-refractivity contribution is 0.306. The van der Waals surface area contributed by atoms with Crippen LogP contribution in [0, 0.1) is 0 Å². The van der Waals surface area contributed by atoms with Crippen LogP contribution in [-0.2, 0) is 6.61 Å². The van der Waals surface area contributed by atoms with Crippen molar-refractivity contribution < 1.29 is 4.74 Å². The lowest BCUT2D eigenvalue weighted by atomic mass is 10.2. The molecule has 2 nitrogen and oxygen atoms in total. The minimum Gasteiger partial charge on any atom is -0.488 e. The standard InChI is InChI=1S/C14H9Cl4NOS/c15-7-1-4-12(8(5-7)14(19)21)20-6-9-10(16)2-3-11(17)13(9)18/h1-5H,6H2,(H2,19,21). The molecule has 0 radical (unpaired) electrons. The fourth-order valence-electron chi connectivity index (χ4n) is 1.67. The highest BCUT2D eigenvalue weighted by atomic mass is 35.5. The zero-order valence-corrected chi connectivity index (χ0v) is 14.3. The van der Waals surface area contributed by atoms with Crippen molar-refractivity contribution in [1.29, 1.82) is 0 Å². The SMILES string of the molecule is NC(=S)c1cc(Cl)ccc1OCc1c(Cl)ccc(Cl)c1Cl. The summed E-state index contributed by atoms with van der Waals surface area (Å²) in [6.45, 7) is 0.134. The van der Waals surface area contributed by atoms with Crippen molar-refractivity contribution in [2.24, 2.45) is 5.73 Å². The molecule has 0 saturated carbocycles. The first-order chi connectivity index (χ1) is 9.90. The number of thiocarbonyl (C=S) groups is 1. The normalized spacial score (nSPS) is 10.5. The van der Waals surface area contributed by atoms with E-state index in [-0.39, 0.29) is 11.6 Å². The van der Waals surface area contributed by atoms with Gasteiger partial charge in [-0.1, -0.05) is 58.6 Å². The van der Waals surface area contributed by atoms with E-state index in [2.05, 4.69) is 0 Å². The van der Waals surface area contributed by atoms with E-state index in [0.717, 1.165) is 0 Å². The molecular weight excluding hydrogens is 372 g/mol. The van der Waals surface area contributed by atoms with Gasteiger partial charge < -0.3 is 10.5 Å². The molecule has 0 saturated heterocycles. The van der Waals surface area contributed by atoms with E-state index in [0.29, 0.717) is 37.0 Å². The van der Waals surface area contributed by atoms with Crippen molar-refractivity contribution in [2.75, 3.05) is 0 Å². The fraction of sp³-hybridized carbons (Fsp3) is 0.0714. The minimum absolute atomic E-state index is 0.134. The van der Waals surface area contributed by atoms with Crippen molar-refractivity contribution in [3.8, 4) is 5.75 Å². The first-order valence-electron chi connectivity index (χ1n) is 5.74. The Labute approximate surface area is 147 Å². The maximum absolute atomic E-state index is 6.12. The number of halogens is 4. The van der Waals surface area contributed by atoms with Gasteiger partial charge in [-0.15, -0.1) is 0 Å². The Morgan fingerprint density at radius 3 is 2.38 bits per heavy atom. The number of nitrogens with two attached hydrogens (primary N) is 1. The van der Waals surface area contributed by atoms with E-state index in [1.54, 1.807) is 30.3 Å². The van der Waals surface area contributed by atoms with E-state index in [9.17, 15) is 0 Å². The molecule has 2 aromatic rings. The van der Waals surface area contributed by atoms with Crippen LogP contribution in [0.2, 0.25) is 20.1 Å². The van der Waals surface area contributed by atoms with Gasteiger partial charge in [0.25, 0.3) is 0 Å². The van der Waals surface area contributed by atoms with E-state index in [4.69, 9.17) is 69.1 Å². The number of benzene rings is 2. The van der Waals surface area contributed by atoms with Crippen LogP contribution in [0.25, 0.3) is 0 Å². The van der Waals surface area contributed by atoms with Gasteiger partial charge in [-0.2, -0.15) is 0 Å². The smallest absolute Gasteiger partial charge is 0.130 e. The van der Waals surface area contributed by atoms with Gasteiger partial charge in [-0.3, -0.25) is 0 Å². The third-order valence-electron chi connectivity index (χ3n) is 2.72. The second-order valence-electron chi connectivity index (χ2n) is 4.12. The van der Waals surface area contributed by atoms with Gasteiger partial charge >= 0.3 is 0 Å². The zero-order chi connectivity index (χ0) is 15.6. The number of ether oxygens (including phenoxy) is 1. The van der Waals surface area contributed by atoms with Crippen LogP contribution < -0.4 is 10.5 Å². The van der Waals surface area contributed by atoms with Crippen molar-refractivity contribution in [3.63, 3.8) is 0 Å². The van der Waals surface area contributed by atoms with Crippen molar-refractivity contribution in [2.45, 2.75) is 6.61 Å². The minimum atomic E-state index is 0.134. The van der Waals surface area contributed by atoms with E-state index >= 15 is 0 Å². The Balaban J connectivity index is 2.29. The van der Waals surface area contributed by atoms with Crippen LogP contribution in [0.4, 0.5) is 0 Å². The monoisotopic (exact) mass is 379 g/mol. The summed E-state index contributed by atoms with van der Waals surface area (Å²) in [6.07, 6.45) is 0. The molecule has 0 spiro atoms. The summed E-state index contributed by atoms with van der Waals surface area (Å²) in [5, 5.41) is 1.75. The van der Waals surface area contributed by atoms with Gasteiger partial charge in [0.05, 0.1) is 15.6 Å². The summed E-state index contributed by atoms with van der Waals surface area (Å²) in [7, 11) is 0. The van der Waals surface area contributed by atoms with Crippen LogP contribution in [0.1, 0.15) is 11.1 Å². The molecule has 0 fully saturated rings. The number of rotatable bonds is 4. The molecule has 0 aliphatic rings. The third kappa shape index (κ3) is 3.93. The summed E-state index contributed by atoms with van der Waals surface area (Å²) in [6, 6.07) is 8.28. The molecular formula is C14H9Cl4NOS. The molecule has 2 aromatic carbocycles. The molecule has 0 unspecified atom stereocenters. The average Bonchev–Trinajstić information content (AvgIpc) is 2.44. The van der Waals surface area contributed by atoms with Crippen LogP contribution in [0.3, 0.4) is 0 Å². The molecule has 0 atom stereocenters. The number of hydrogen-bond donors (Lipinski definition) is 1. The first kappa shape index (κ1) is 16.7. The fourth-order valence-corrected chi connectivity index (χ4v) is 2.66. The second kappa shape index (κ2) is 7.03. The molecule has 2 N–H and O–H groups in total. The molecule has 0 aromatic heterocycles. The Kier molecular flexibility index (Phi) is 5.58. The van der Waals surface area contributed by atoms with Crippen molar-refractivity contribution in [1.82, 2.24) is 0 Å². The molecule has 7 heteroatoms. The molecule has 0 heterocycles. The van der Waals surface area contributed by atoms with Crippen LogP contribution >= 0.6 is 58.6 Å².